The van der Waals surface area contributed by atoms with E-state index in [1.54, 1.807) is 12.3 Å². The Hall–Kier alpha value is -2.35. The summed E-state index contributed by atoms with van der Waals surface area (Å²) < 4.78 is 5.58. The third kappa shape index (κ3) is 4.53. The molecule has 7 nitrogen and oxygen atoms in total. The largest absolute Gasteiger partial charge is 0.481 e. The van der Waals surface area contributed by atoms with Crippen LogP contribution in [0.3, 0.4) is 0 Å². The molecule has 1 aromatic carbocycles. The topological polar surface area (TPSA) is 91.3 Å². The summed E-state index contributed by atoms with van der Waals surface area (Å²) in [5.74, 6) is 0.304. The van der Waals surface area contributed by atoms with Crippen LogP contribution in [0.15, 0.2) is 30.6 Å². The van der Waals surface area contributed by atoms with Crippen molar-refractivity contribution in [3.05, 3.63) is 40.6 Å². The Bertz CT molecular complexity index is 1040. The van der Waals surface area contributed by atoms with E-state index in [2.05, 4.69) is 21.2 Å². The molecule has 3 heterocycles. The maximum atomic E-state index is 10.7. The van der Waals surface area contributed by atoms with Gasteiger partial charge in [-0.2, -0.15) is 5.10 Å². The number of carboxylic acid groups (broad SMARTS) is 1. The molecule has 0 spiro atoms. The fraction of sp³-hybridized carbons (Fsp3) is 0.381. The van der Waals surface area contributed by atoms with Crippen LogP contribution in [0.2, 0.25) is 10.0 Å². The zero-order chi connectivity index (χ0) is 21.1. The number of benzene rings is 1. The van der Waals surface area contributed by atoms with E-state index in [0.29, 0.717) is 28.1 Å². The molecule has 1 atom stereocenters. The van der Waals surface area contributed by atoms with E-state index in [-0.39, 0.29) is 13.0 Å². The van der Waals surface area contributed by atoms with Gasteiger partial charge in [-0.15, -0.1) is 0 Å². The predicted molar refractivity (Wildman–Crippen MR) is 117 cm³/mol. The Morgan fingerprint density at radius 2 is 2.23 bits per heavy atom. The number of rotatable bonds is 7. The summed E-state index contributed by atoms with van der Waals surface area (Å²) in [6.45, 7) is 2.44. The van der Waals surface area contributed by atoms with Crippen molar-refractivity contribution in [2.24, 2.45) is 5.92 Å². The van der Waals surface area contributed by atoms with Gasteiger partial charge < -0.3 is 14.7 Å². The molecule has 2 N–H and O–H groups in total. The fourth-order valence-electron chi connectivity index (χ4n) is 3.84. The lowest BCUT2D eigenvalue weighted by Crippen LogP contribution is -2.37. The lowest BCUT2D eigenvalue weighted by Gasteiger charge is -2.34. The van der Waals surface area contributed by atoms with Crippen LogP contribution < -0.4 is 4.90 Å². The van der Waals surface area contributed by atoms with Gasteiger partial charge in [0, 0.05) is 30.2 Å². The molecule has 1 aliphatic heterocycles. The molecule has 0 radical (unpaired) electrons. The fourth-order valence-corrected chi connectivity index (χ4v) is 4.20. The van der Waals surface area contributed by atoms with E-state index in [1.807, 2.05) is 12.3 Å². The summed E-state index contributed by atoms with van der Waals surface area (Å²) in [5.41, 5.74) is 2.60. The van der Waals surface area contributed by atoms with Crippen molar-refractivity contribution in [1.29, 1.82) is 0 Å². The van der Waals surface area contributed by atoms with Crippen LogP contribution in [0.1, 0.15) is 19.3 Å². The number of nitrogens with one attached hydrogen (secondary N) is 1. The van der Waals surface area contributed by atoms with Crippen molar-refractivity contribution in [2.75, 3.05) is 31.2 Å². The van der Waals surface area contributed by atoms with Gasteiger partial charge in [0.05, 0.1) is 41.4 Å². The summed E-state index contributed by atoms with van der Waals surface area (Å²) >= 11 is 12.8. The molecular formula is C21H22Cl2N4O3. The first-order valence-corrected chi connectivity index (χ1v) is 10.6. The number of hydrogen-bond acceptors (Lipinski definition) is 5. The molecule has 0 bridgehead atoms. The van der Waals surface area contributed by atoms with E-state index in [0.717, 1.165) is 48.3 Å². The van der Waals surface area contributed by atoms with Crippen molar-refractivity contribution in [3.63, 3.8) is 0 Å². The number of carbonyl (C=O) groups is 1. The highest BCUT2D eigenvalue weighted by Crippen LogP contribution is 2.37. The highest BCUT2D eigenvalue weighted by molar-refractivity contribution is 6.45. The number of halogens is 2. The molecule has 0 unspecified atom stereocenters. The molecule has 4 rings (SSSR count). The van der Waals surface area contributed by atoms with Crippen molar-refractivity contribution < 1.29 is 14.6 Å². The number of piperidine rings is 1. The first kappa shape index (κ1) is 20.9. The lowest BCUT2D eigenvalue weighted by molar-refractivity contribution is -0.138. The maximum absolute atomic E-state index is 10.7. The molecule has 1 aliphatic rings. The van der Waals surface area contributed by atoms with Crippen LogP contribution in [0.4, 0.5) is 5.82 Å². The van der Waals surface area contributed by atoms with E-state index in [9.17, 15) is 4.79 Å². The zero-order valence-electron chi connectivity index (χ0n) is 16.3. The van der Waals surface area contributed by atoms with Crippen LogP contribution in [-0.2, 0) is 9.53 Å². The third-order valence-electron chi connectivity index (χ3n) is 5.33. The molecule has 9 heteroatoms. The minimum atomic E-state index is -0.844. The van der Waals surface area contributed by atoms with Crippen LogP contribution in [-0.4, -0.2) is 52.6 Å². The van der Waals surface area contributed by atoms with E-state index < -0.39 is 5.97 Å². The Balaban J connectivity index is 1.62. The van der Waals surface area contributed by atoms with Gasteiger partial charge >= 0.3 is 5.97 Å². The van der Waals surface area contributed by atoms with Crippen molar-refractivity contribution in [1.82, 2.24) is 15.2 Å². The standard InChI is InChI=1S/C21H22Cl2N4O3/c22-17-4-3-15-16(14-9-24-25-10-14)8-18(26-21(15)20(17)23)27-6-1-2-13(11-27)12-30-7-5-19(28)29/h3-4,8-10,13H,1-2,5-7,11-12H2,(H,24,25)(H,28,29)/t13-/m1/s1. The van der Waals surface area contributed by atoms with Crippen LogP contribution >= 0.6 is 23.2 Å². The van der Waals surface area contributed by atoms with Crippen molar-refractivity contribution in [3.8, 4) is 11.1 Å². The molecule has 30 heavy (non-hydrogen) atoms. The molecule has 3 aromatic rings. The monoisotopic (exact) mass is 448 g/mol. The first-order chi connectivity index (χ1) is 14.5. The molecule has 0 saturated carbocycles. The van der Waals surface area contributed by atoms with E-state index >= 15 is 0 Å². The third-order valence-corrected chi connectivity index (χ3v) is 6.12. The average Bonchev–Trinajstić information content (AvgIpc) is 3.28. The summed E-state index contributed by atoms with van der Waals surface area (Å²) in [6.07, 6.45) is 5.69. The number of pyridine rings is 1. The SMILES string of the molecule is O=C(O)CCOC[C@@H]1CCCN(c2cc(-c3cn[nH]c3)c3ccc(Cl)c(Cl)c3n2)C1. The Kier molecular flexibility index (Phi) is 6.41. The van der Waals surface area contributed by atoms with Gasteiger partial charge in [0.25, 0.3) is 0 Å². The van der Waals surface area contributed by atoms with Crippen molar-refractivity contribution >= 4 is 45.9 Å². The van der Waals surface area contributed by atoms with Gasteiger partial charge in [-0.1, -0.05) is 29.3 Å². The quantitative estimate of drug-likeness (QED) is 0.511. The maximum Gasteiger partial charge on any atom is 0.305 e. The second kappa shape index (κ2) is 9.20. The number of ether oxygens (including phenoxy) is 1. The van der Waals surface area contributed by atoms with Gasteiger partial charge in [-0.05, 0) is 36.5 Å². The normalized spacial score (nSPS) is 16.9. The van der Waals surface area contributed by atoms with Gasteiger partial charge in [-0.25, -0.2) is 4.98 Å². The number of aromatic amines is 1. The van der Waals surface area contributed by atoms with Gasteiger partial charge in [0.15, 0.2) is 0 Å². The van der Waals surface area contributed by atoms with Crippen molar-refractivity contribution in [2.45, 2.75) is 19.3 Å². The average molecular weight is 449 g/mol. The van der Waals surface area contributed by atoms with Crippen LogP contribution in [0.5, 0.6) is 0 Å². The van der Waals surface area contributed by atoms with E-state index in [1.165, 1.54) is 0 Å². The minimum absolute atomic E-state index is 0.0238. The minimum Gasteiger partial charge on any atom is -0.481 e. The second-order valence-electron chi connectivity index (χ2n) is 7.45. The molecule has 1 saturated heterocycles. The second-order valence-corrected chi connectivity index (χ2v) is 8.23. The molecule has 0 amide bonds. The molecule has 1 fully saturated rings. The molecule has 158 valence electrons. The number of aliphatic carboxylic acids is 1. The van der Waals surface area contributed by atoms with Crippen LogP contribution in [0, 0.1) is 5.92 Å². The number of hydrogen-bond donors (Lipinski definition) is 2. The molecule has 2 aromatic heterocycles. The summed E-state index contributed by atoms with van der Waals surface area (Å²) in [6, 6.07) is 5.77. The number of H-pyrrole nitrogens is 1. The number of aromatic nitrogens is 3. The molecule has 0 aliphatic carbocycles. The highest BCUT2D eigenvalue weighted by Gasteiger charge is 2.23. The smallest absolute Gasteiger partial charge is 0.305 e. The lowest BCUT2D eigenvalue weighted by atomic mass is 9.98. The zero-order valence-corrected chi connectivity index (χ0v) is 17.8. The summed E-state index contributed by atoms with van der Waals surface area (Å²) in [7, 11) is 0. The Labute approximate surface area is 184 Å². The number of nitrogens with zero attached hydrogens (tertiary/aromatic N) is 3. The number of fused-ring (bicyclic) bond motifs is 1. The number of anilines is 1. The highest BCUT2D eigenvalue weighted by atomic mass is 35.5. The van der Waals surface area contributed by atoms with Gasteiger partial charge in [-0.3, -0.25) is 9.89 Å². The Morgan fingerprint density at radius 1 is 1.37 bits per heavy atom. The van der Waals surface area contributed by atoms with Gasteiger partial charge in [0.2, 0.25) is 0 Å². The van der Waals surface area contributed by atoms with Crippen LogP contribution in [0.25, 0.3) is 22.0 Å². The Morgan fingerprint density at radius 3 is 3.00 bits per heavy atom. The molecular weight excluding hydrogens is 427 g/mol. The van der Waals surface area contributed by atoms with E-state index in [4.69, 9.17) is 38.0 Å². The van der Waals surface area contributed by atoms with Gasteiger partial charge in [0.1, 0.15) is 5.82 Å². The first-order valence-electron chi connectivity index (χ1n) is 9.85. The summed E-state index contributed by atoms with van der Waals surface area (Å²) in [4.78, 5) is 17.7. The number of carboxylic acids is 1. The summed E-state index contributed by atoms with van der Waals surface area (Å²) in [5, 5.41) is 17.5. The predicted octanol–water partition coefficient (Wildman–Crippen LogP) is 4.64.